The summed E-state index contributed by atoms with van der Waals surface area (Å²) in [6.07, 6.45) is 1.38. The summed E-state index contributed by atoms with van der Waals surface area (Å²) in [7, 11) is 1.62. The second-order valence-electron chi connectivity index (χ2n) is 5.89. The van der Waals surface area contributed by atoms with Crippen LogP contribution in [-0.2, 0) is 9.59 Å². The van der Waals surface area contributed by atoms with Crippen LogP contribution in [0.5, 0.6) is 5.75 Å². The van der Waals surface area contributed by atoms with Crippen LogP contribution in [0.3, 0.4) is 0 Å². The summed E-state index contributed by atoms with van der Waals surface area (Å²) in [5.41, 5.74) is 0. The van der Waals surface area contributed by atoms with E-state index >= 15 is 0 Å². The molecule has 1 aliphatic rings. The number of methoxy groups -OCH3 is 1. The lowest BCUT2D eigenvalue weighted by Gasteiger charge is -2.37. The van der Waals surface area contributed by atoms with Gasteiger partial charge < -0.3 is 14.7 Å². The lowest BCUT2D eigenvalue weighted by atomic mass is 9.93. The van der Waals surface area contributed by atoms with Crippen LogP contribution in [0.15, 0.2) is 29.2 Å². The zero-order valence-electron chi connectivity index (χ0n) is 13.7. The first-order valence-electron chi connectivity index (χ1n) is 7.76. The number of nitrogens with zero attached hydrogens (tertiary/aromatic N) is 1. The molecule has 0 aliphatic carbocycles. The van der Waals surface area contributed by atoms with Crippen molar-refractivity contribution in [2.45, 2.75) is 42.9 Å². The maximum atomic E-state index is 12.7. The quantitative estimate of drug-likeness (QED) is 0.837. The SMILES string of the molecule is COc1ccc(SC(C)C(=O)N2CC(C(=O)O)CCC2C)cc1. The first-order chi connectivity index (χ1) is 10.9. The fourth-order valence-corrected chi connectivity index (χ4v) is 3.70. The Hall–Kier alpha value is -1.69. The van der Waals surface area contributed by atoms with Gasteiger partial charge in [-0.1, -0.05) is 0 Å². The van der Waals surface area contributed by atoms with E-state index in [-0.39, 0.29) is 17.2 Å². The van der Waals surface area contributed by atoms with Crippen LogP contribution < -0.4 is 4.74 Å². The second kappa shape index (κ2) is 7.73. The number of likely N-dealkylation sites (tertiary alicyclic amines) is 1. The van der Waals surface area contributed by atoms with Crippen LogP contribution in [0, 0.1) is 5.92 Å². The Kier molecular flexibility index (Phi) is 5.93. The molecule has 0 aromatic heterocycles. The van der Waals surface area contributed by atoms with Gasteiger partial charge in [0.15, 0.2) is 0 Å². The van der Waals surface area contributed by atoms with Crippen molar-refractivity contribution in [2.75, 3.05) is 13.7 Å². The van der Waals surface area contributed by atoms with Gasteiger partial charge >= 0.3 is 5.97 Å². The van der Waals surface area contributed by atoms with Gasteiger partial charge in [-0.2, -0.15) is 0 Å². The fourth-order valence-electron chi connectivity index (χ4n) is 2.76. The normalized spacial score (nSPS) is 22.5. The van der Waals surface area contributed by atoms with E-state index in [1.165, 1.54) is 11.8 Å². The lowest BCUT2D eigenvalue weighted by molar-refractivity contribution is -0.146. The monoisotopic (exact) mass is 337 g/mol. The molecule has 1 heterocycles. The van der Waals surface area contributed by atoms with Crippen LogP contribution >= 0.6 is 11.8 Å². The van der Waals surface area contributed by atoms with Gasteiger partial charge in [0.1, 0.15) is 5.75 Å². The molecule has 2 rings (SSSR count). The summed E-state index contributed by atoms with van der Waals surface area (Å²) in [4.78, 5) is 26.6. The number of amides is 1. The van der Waals surface area contributed by atoms with E-state index in [9.17, 15) is 14.7 Å². The molecule has 1 fully saturated rings. The molecule has 126 valence electrons. The smallest absolute Gasteiger partial charge is 0.308 e. The second-order valence-corrected chi connectivity index (χ2v) is 7.30. The van der Waals surface area contributed by atoms with Gasteiger partial charge in [0.2, 0.25) is 5.91 Å². The number of rotatable bonds is 5. The molecule has 1 N–H and O–H groups in total. The summed E-state index contributed by atoms with van der Waals surface area (Å²) in [5.74, 6) is -0.481. The summed E-state index contributed by atoms with van der Waals surface area (Å²) in [6.45, 7) is 4.16. The third-order valence-corrected chi connectivity index (χ3v) is 5.33. The highest BCUT2D eigenvalue weighted by Gasteiger charge is 2.34. The van der Waals surface area contributed by atoms with E-state index in [0.29, 0.717) is 13.0 Å². The van der Waals surface area contributed by atoms with Gasteiger partial charge in [-0.15, -0.1) is 11.8 Å². The minimum Gasteiger partial charge on any atom is -0.497 e. The van der Waals surface area contributed by atoms with Gasteiger partial charge in [0, 0.05) is 17.5 Å². The third kappa shape index (κ3) is 4.41. The van der Waals surface area contributed by atoms with Crippen molar-refractivity contribution in [1.82, 2.24) is 4.90 Å². The van der Waals surface area contributed by atoms with Crippen molar-refractivity contribution >= 4 is 23.6 Å². The number of benzene rings is 1. The highest BCUT2D eigenvalue weighted by Crippen LogP contribution is 2.29. The number of carboxylic acids is 1. The Morgan fingerprint density at radius 3 is 2.52 bits per heavy atom. The molecule has 1 aliphatic heterocycles. The molecule has 1 amide bonds. The van der Waals surface area contributed by atoms with Crippen molar-refractivity contribution in [1.29, 1.82) is 0 Å². The van der Waals surface area contributed by atoms with Gasteiger partial charge in [0.25, 0.3) is 0 Å². The number of piperidine rings is 1. The largest absolute Gasteiger partial charge is 0.497 e. The summed E-state index contributed by atoms with van der Waals surface area (Å²) >= 11 is 1.48. The predicted molar refractivity (Wildman–Crippen MR) is 89.8 cm³/mol. The Bertz CT molecular complexity index is 560. The average Bonchev–Trinajstić information content (AvgIpc) is 2.55. The Labute approximate surface area is 141 Å². The standard InChI is InChI=1S/C17H23NO4S/c1-11-4-5-13(17(20)21)10-18(11)16(19)12(2)23-15-8-6-14(22-3)7-9-15/h6-9,11-13H,4-5,10H2,1-3H3,(H,20,21). The molecule has 5 nitrogen and oxygen atoms in total. The highest BCUT2D eigenvalue weighted by molar-refractivity contribution is 8.00. The Morgan fingerprint density at radius 1 is 1.30 bits per heavy atom. The van der Waals surface area contributed by atoms with Crippen LogP contribution in [-0.4, -0.2) is 46.8 Å². The number of hydrogen-bond acceptors (Lipinski definition) is 4. The molecule has 0 bridgehead atoms. The zero-order chi connectivity index (χ0) is 17.0. The maximum absolute atomic E-state index is 12.7. The molecule has 0 spiro atoms. The number of hydrogen-bond donors (Lipinski definition) is 1. The summed E-state index contributed by atoms with van der Waals surface area (Å²) in [5, 5.41) is 8.94. The van der Waals surface area contributed by atoms with E-state index in [1.807, 2.05) is 38.1 Å². The summed E-state index contributed by atoms with van der Waals surface area (Å²) < 4.78 is 5.13. The number of carbonyl (C=O) groups is 2. The van der Waals surface area contributed by atoms with Gasteiger partial charge in [-0.05, 0) is 51.0 Å². The maximum Gasteiger partial charge on any atom is 0.308 e. The molecule has 6 heteroatoms. The molecule has 3 unspecified atom stereocenters. The van der Waals surface area contributed by atoms with E-state index in [0.717, 1.165) is 17.1 Å². The number of carbonyl (C=O) groups excluding carboxylic acids is 1. The van der Waals surface area contributed by atoms with Crippen molar-refractivity contribution in [3.8, 4) is 5.75 Å². The summed E-state index contributed by atoms with van der Waals surface area (Å²) in [6, 6.07) is 7.67. The van der Waals surface area contributed by atoms with E-state index in [1.54, 1.807) is 12.0 Å². The fraction of sp³-hybridized carbons (Fsp3) is 0.529. The Morgan fingerprint density at radius 2 is 1.96 bits per heavy atom. The Balaban J connectivity index is 2.00. The van der Waals surface area contributed by atoms with Crippen LogP contribution in [0.2, 0.25) is 0 Å². The number of aliphatic carboxylic acids is 1. The first kappa shape index (κ1) is 17.7. The molecule has 3 atom stereocenters. The molecule has 1 aromatic carbocycles. The topological polar surface area (TPSA) is 66.8 Å². The molecule has 0 radical (unpaired) electrons. The minimum atomic E-state index is -0.815. The number of carboxylic acid groups (broad SMARTS) is 1. The van der Waals surface area contributed by atoms with Crippen LogP contribution in [0.1, 0.15) is 26.7 Å². The number of thioether (sulfide) groups is 1. The van der Waals surface area contributed by atoms with E-state index < -0.39 is 11.9 Å². The van der Waals surface area contributed by atoms with Crippen LogP contribution in [0.4, 0.5) is 0 Å². The molecule has 0 saturated carbocycles. The van der Waals surface area contributed by atoms with Gasteiger partial charge in [-0.25, -0.2) is 0 Å². The predicted octanol–water partition coefficient (Wildman–Crippen LogP) is 2.89. The zero-order valence-corrected chi connectivity index (χ0v) is 14.5. The number of ether oxygens (including phenoxy) is 1. The van der Waals surface area contributed by atoms with Crippen LogP contribution in [0.25, 0.3) is 0 Å². The first-order valence-corrected chi connectivity index (χ1v) is 8.64. The molecule has 1 saturated heterocycles. The van der Waals surface area contributed by atoms with E-state index in [4.69, 9.17) is 4.74 Å². The molecular formula is C17H23NO4S. The third-order valence-electron chi connectivity index (χ3n) is 4.23. The van der Waals surface area contributed by atoms with Crippen molar-refractivity contribution in [3.05, 3.63) is 24.3 Å². The minimum absolute atomic E-state index is 0.00395. The van der Waals surface area contributed by atoms with Gasteiger partial charge in [0.05, 0.1) is 18.3 Å². The average molecular weight is 337 g/mol. The molecule has 23 heavy (non-hydrogen) atoms. The van der Waals surface area contributed by atoms with Crippen molar-refractivity contribution in [2.24, 2.45) is 5.92 Å². The van der Waals surface area contributed by atoms with Gasteiger partial charge in [-0.3, -0.25) is 9.59 Å². The van der Waals surface area contributed by atoms with Crippen molar-refractivity contribution < 1.29 is 19.4 Å². The van der Waals surface area contributed by atoms with E-state index in [2.05, 4.69) is 0 Å². The molecular weight excluding hydrogens is 314 g/mol. The highest BCUT2D eigenvalue weighted by atomic mass is 32.2. The van der Waals surface area contributed by atoms with Crippen molar-refractivity contribution in [3.63, 3.8) is 0 Å². The molecule has 1 aromatic rings. The lowest BCUT2D eigenvalue weighted by Crippen LogP contribution is -2.49.